The number of hydrogen-bond acceptors (Lipinski definition) is 2. The number of hydrogen-bond donors (Lipinski definition) is 0. The van der Waals surface area contributed by atoms with Crippen molar-refractivity contribution in [3.63, 3.8) is 0 Å². The van der Waals surface area contributed by atoms with E-state index in [1.165, 1.54) is 27.7 Å². The molecule has 2 aliphatic heterocycles. The molecule has 4 nitrogen and oxygen atoms in total. The fraction of sp³-hybridized carbons (Fsp3) is 0.400. The maximum atomic E-state index is 12.3. The van der Waals surface area contributed by atoms with Crippen LogP contribution in [-0.4, -0.2) is 39.9 Å². The molecule has 0 unspecified atom stereocenters. The van der Waals surface area contributed by atoms with Crippen molar-refractivity contribution in [2.75, 3.05) is 19.6 Å². The van der Waals surface area contributed by atoms with E-state index in [-0.39, 0.29) is 11.9 Å². The molecular formula is C25H29N3O. The second-order valence-electron chi connectivity index (χ2n) is 8.90. The van der Waals surface area contributed by atoms with Crippen LogP contribution in [0.1, 0.15) is 29.8 Å². The quantitative estimate of drug-likeness (QED) is 0.676. The van der Waals surface area contributed by atoms with E-state index in [2.05, 4.69) is 82.9 Å². The molecule has 0 aliphatic carbocycles. The summed E-state index contributed by atoms with van der Waals surface area (Å²) in [6.07, 6.45) is 0. The van der Waals surface area contributed by atoms with Crippen molar-refractivity contribution in [1.82, 2.24) is 14.4 Å². The molecule has 5 rings (SSSR count). The standard InChI is InChI=1S/C25H29N3O/c1-17-9-10-24-20(11-17)12-22(26(24)3)15-27-13-21-14-28(18(2)29)25(23(21)16-27)19-7-5-4-6-8-19/h4-12,21,23,25H,13-16H2,1-3H3/t21-,23-,25+/m1/s1. The molecular weight excluding hydrogens is 358 g/mol. The van der Waals surface area contributed by atoms with Gasteiger partial charge in [0.25, 0.3) is 0 Å². The molecule has 0 radical (unpaired) electrons. The van der Waals surface area contributed by atoms with Crippen LogP contribution in [0.5, 0.6) is 0 Å². The second kappa shape index (κ2) is 7.03. The first kappa shape index (κ1) is 18.4. The van der Waals surface area contributed by atoms with Gasteiger partial charge in [0.2, 0.25) is 5.91 Å². The zero-order valence-corrected chi connectivity index (χ0v) is 17.5. The largest absolute Gasteiger partial charge is 0.346 e. The maximum Gasteiger partial charge on any atom is 0.219 e. The Kier molecular flexibility index (Phi) is 4.47. The van der Waals surface area contributed by atoms with Crippen LogP contribution in [-0.2, 0) is 18.4 Å². The number of amides is 1. The average molecular weight is 388 g/mol. The molecule has 150 valence electrons. The van der Waals surface area contributed by atoms with Gasteiger partial charge >= 0.3 is 0 Å². The summed E-state index contributed by atoms with van der Waals surface area (Å²) < 4.78 is 2.33. The predicted molar refractivity (Wildman–Crippen MR) is 116 cm³/mol. The highest BCUT2D eigenvalue weighted by Gasteiger charge is 2.48. The van der Waals surface area contributed by atoms with Crippen LogP contribution in [0.3, 0.4) is 0 Å². The van der Waals surface area contributed by atoms with E-state index in [1.54, 1.807) is 6.92 Å². The lowest BCUT2D eigenvalue weighted by Crippen LogP contribution is -2.34. The van der Waals surface area contributed by atoms with Gasteiger partial charge in [-0.2, -0.15) is 0 Å². The molecule has 29 heavy (non-hydrogen) atoms. The number of fused-ring (bicyclic) bond motifs is 2. The van der Waals surface area contributed by atoms with E-state index < -0.39 is 0 Å². The summed E-state index contributed by atoms with van der Waals surface area (Å²) in [5.74, 6) is 1.27. The lowest BCUT2D eigenvalue weighted by molar-refractivity contribution is -0.130. The van der Waals surface area contributed by atoms with Crippen molar-refractivity contribution >= 4 is 16.8 Å². The van der Waals surface area contributed by atoms with Gasteiger partial charge in [-0.1, -0.05) is 42.0 Å². The topological polar surface area (TPSA) is 28.5 Å². The molecule has 1 aromatic heterocycles. The average Bonchev–Trinajstić information content (AvgIpc) is 3.33. The Labute approximate surface area is 172 Å². The van der Waals surface area contributed by atoms with Crippen molar-refractivity contribution in [3.05, 3.63) is 71.4 Å². The molecule has 0 saturated carbocycles. The smallest absolute Gasteiger partial charge is 0.219 e. The number of carbonyl (C=O) groups is 1. The molecule has 2 aromatic carbocycles. The summed E-state index contributed by atoms with van der Waals surface area (Å²) in [6.45, 7) is 7.83. The third-order valence-corrected chi connectivity index (χ3v) is 6.97. The molecule has 4 heteroatoms. The fourth-order valence-electron chi connectivity index (χ4n) is 5.57. The van der Waals surface area contributed by atoms with E-state index in [0.29, 0.717) is 11.8 Å². The van der Waals surface area contributed by atoms with Gasteiger partial charge in [-0.05, 0) is 36.6 Å². The van der Waals surface area contributed by atoms with Crippen molar-refractivity contribution in [2.24, 2.45) is 18.9 Å². The Balaban J connectivity index is 1.39. The Bertz CT molecular complexity index is 1050. The van der Waals surface area contributed by atoms with Gasteiger partial charge in [-0.15, -0.1) is 0 Å². The summed E-state index contributed by atoms with van der Waals surface area (Å²) in [4.78, 5) is 17.0. The maximum absolute atomic E-state index is 12.3. The number of carbonyl (C=O) groups excluding carboxylic acids is 1. The van der Waals surface area contributed by atoms with Gasteiger partial charge in [0, 0.05) is 62.7 Å². The third kappa shape index (κ3) is 3.16. The minimum Gasteiger partial charge on any atom is -0.346 e. The van der Waals surface area contributed by atoms with Gasteiger partial charge in [0.05, 0.1) is 6.04 Å². The molecule has 1 amide bonds. The van der Waals surface area contributed by atoms with Gasteiger partial charge in [-0.3, -0.25) is 9.69 Å². The Morgan fingerprint density at radius 2 is 1.83 bits per heavy atom. The van der Waals surface area contributed by atoms with E-state index in [0.717, 1.165) is 26.2 Å². The number of benzene rings is 2. The molecule has 3 aromatic rings. The van der Waals surface area contributed by atoms with Crippen molar-refractivity contribution < 1.29 is 4.79 Å². The van der Waals surface area contributed by atoms with Crippen LogP contribution in [0.15, 0.2) is 54.6 Å². The van der Waals surface area contributed by atoms with Gasteiger partial charge < -0.3 is 9.47 Å². The van der Waals surface area contributed by atoms with Crippen LogP contribution in [0.25, 0.3) is 10.9 Å². The Morgan fingerprint density at radius 3 is 2.59 bits per heavy atom. The Morgan fingerprint density at radius 1 is 1.03 bits per heavy atom. The zero-order valence-electron chi connectivity index (χ0n) is 17.5. The number of rotatable bonds is 3. The number of aryl methyl sites for hydroxylation is 2. The second-order valence-corrected chi connectivity index (χ2v) is 8.90. The first-order chi connectivity index (χ1) is 14.0. The predicted octanol–water partition coefficient (Wildman–Crippen LogP) is 4.14. The molecule has 2 fully saturated rings. The lowest BCUT2D eigenvalue weighted by atomic mass is 9.89. The lowest BCUT2D eigenvalue weighted by Gasteiger charge is -2.29. The van der Waals surface area contributed by atoms with Gasteiger partial charge in [-0.25, -0.2) is 0 Å². The van der Waals surface area contributed by atoms with Gasteiger partial charge in [0.15, 0.2) is 0 Å². The number of likely N-dealkylation sites (tertiary alicyclic amines) is 2. The molecule has 2 aliphatic rings. The molecule has 3 atom stereocenters. The van der Waals surface area contributed by atoms with Crippen molar-refractivity contribution in [1.29, 1.82) is 0 Å². The summed E-state index contributed by atoms with van der Waals surface area (Å²) in [6, 6.07) is 19.8. The summed E-state index contributed by atoms with van der Waals surface area (Å²) in [5.41, 5.74) is 5.25. The van der Waals surface area contributed by atoms with Crippen LogP contribution < -0.4 is 0 Å². The third-order valence-electron chi connectivity index (χ3n) is 6.97. The molecule has 2 saturated heterocycles. The van der Waals surface area contributed by atoms with Gasteiger partial charge in [0.1, 0.15) is 0 Å². The molecule has 0 N–H and O–H groups in total. The highest BCUT2D eigenvalue weighted by molar-refractivity contribution is 5.82. The summed E-state index contributed by atoms with van der Waals surface area (Å²) >= 11 is 0. The van der Waals surface area contributed by atoms with E-state index in [1.807, 2.05) is 0 Å². The summed E-state index contributed by atoms with van der Waals surface area (Å²) in [7, 11) is 2.17. The van der Waals surface area contributed by atoms with Crippen molar-refractivity contribution in [2.45, 2.75) is 26.4 Å². The monoisotopic (exact) mass is 387 g/mol. The van der Waals surface area contributed by atoms with E-state index >= 15 is 0 Å². The molecule has 3 heterocycles. The first-order valence-electron chi connectivity index (χ1n) is 10.6. The van der Waals surface area contributed by atoms with E-state index in [4.69, 9.17) is 0 Å². The van der Waals surface area contributed by atoms with Crippen LogP contribution in [0.4, 0.5) is 0 Å². The number of aromatic nitrogens is 1. The zero-order chi connectivity index (χ0) is 20.1. The minimum absolute atomic E-state index is 0.198. The highest BCUT2D eigenvalue weighted by Crippen LogP contribution is 2.45. The van der Waals surface area contributed by atoms with Crippen LogP contribution >= 0.6 is 0 Å². The summed E-state index contributed by atoms with van der Waals surface area (Å²) in [5, 5.41) is 1.33. The minimum atomic E-state index is 0.198. The fourth-order valence-corrected chi connectivity index (χ4v) is 5.57. The van der Waals surface area contributed by atoms with Crippen LogP contribution in [0, 0.1) is 18.8 Å². The number of nitrogens with zero attached hydrogens (tertiary/aromatic N) is 3. The van der Waals surface area contributed by atoms with Crippen molar-refractivity contribution in [3.8, 4) is 0 Å². The molecule has 0 spiro atoms. The van der Waals surface area contributed by atoms with E-state index in [9.17, 15) is 4.79 Å². The van der Waals surface area contributed by atoms with Crippen LogP contribution in [0.2, 0.25) is 0 Å². The Hall–Kier alpha value is -2.59. The normalized spacial score (nSPS) is 24.4. The molecule has 0 bridgehead atoms. The SMILES string of the molecule is CC(=O)N1C[C@H]2CN(Cc3cc4cc(C)ccc4n3C)C[C@H]2[C@@H]1c1ccccc1. The highest BCUT2D eigenvalue weighted by atomic mass is 16.2. The first-order valence-corrected chi connectivity index (χ1v) is 10.6.